The molecule has 118 valence electrons. The average molecular weight is 304 g/mol. The first-order chi connectivity index (χ1) is 10.3. The van der Waals surface area contributed by atoms with Gasteiger partial charge < -0.3 is 14.9 Å². The van der Waals surface area contributed by atoms with Crippen LogP contribution >= 0.6 is 0 Å². The van der Waals surface area contributed by atoms with Crippen molar-refractivity contribution in [1.29, 1.82) is 0 Å². The molecule has 0 saturated carbocycles. The number of benzene rings is 1. The van der Waals surface area contributed by atoms with E-state index in [0.29, 0.717) is 17.7 Å². The fourth-order valence-corrected chi connectivity index (χ4v) is 2.36. The predicted molar refractivity (Wildman–Crippen MR) is 81.7 cm³/mol. The molecule has 1 aromatic heterocycles. The van der Waals surface area contributed by atoms with Crippen LogP contribution in [0.25, 0.3) is 11.0 Å². The molecule has 6 heteroatoms. The minimum atomic E-state index is -1.28. The Balaban J connectivity index is 2.24. The first-order valence-corrected chi connectivity index (χ1v) is 7.16. The summed E-state index contributed by atoms with van der Waals surface area (Å²) < 4.78 is 5.29. The molecular formula is C16H20N2O4. The zero-order valence-corrected chi connectivity index (χ0v) is 13.2. The van der Waals surface area contributed by atoms with E-state index in [1.165, 1.54) is 6.92 Å². The van der Waals surface area contributed by atoms with E-state index in [-0.39, 0.29) is 12.3 Å². The topological polar surface area (TPSA) is 92.4 Å². The van der Waals surface area contributed by atoms with Gasteiger partial charge in [-0.1, -0.05) is 18.1 Å². The SMILES string of the molecule is CCC(C)(NC(=O)Cc1noc2c(C)cc(C)cc12)C(=O)O. The number of aromatic nitrogens is 1. The highest BCUT2D eigenvalue weighted by Crippen LogP contribution is 2.24. The van der Waals surface area contributed by atoms with E-state index in [4.69, 9.17) is 4.52 Å². The number of hydrogen-bond donors (Lipinski definition) is 2. The maximum Gasteiger partial charge on any atom is 0.329 e. The van der Waals surface area contributed by atoms with Crippen LogP contribution in [0.4, 0.5) is 0 Å². The Bertz CT molecular complexity index is 735. The lowest BCUT2D eigenvalue weighted by Crippen LogP contribution is -2.52. The van der Waals surface area contributed by atoms with Crippen molar-refractivity contribution < 1.29 is 19.2 Å². The van der Waals surface area contributed by atoms with Gasteiger partial charge in [-0.15, -0.1) is 0 Å². The van der Waals surface area contributed by atoms with Crippen LogP contribution in [0.2, 0.25) is 0 Å². The van der Waals surface area contributed by atoms with E-state index in [1.807, 2.05) is 26.0 Å². The lowest BCUT2D eigenvalue weighted by atomic mass is 9.98. The van der Waals surface area contributed by atoms with Crippen molar-refractivity contribution in [1.82, 2.24) is 10.5 Å². The summed E-state index contributed by atoms with van der Waals surface area (Å²) >= 11 is 0. The summed E-state index contributed by atoms with van der Waals surface area (Å²) in [6.07, 6.45) is 0.282. The molecule has 22 heavy (non-hydrogen) atoms. The van der Waals surface area contributed by atoms with Gasteiger partial charge in [-0.25, -0.2) is 4.79 Å². The maximum absolute atomic E-state index is 12.1. The van der Waals surface area contributed by atoms with Gasteiger partial charge in [0.1, 0.15) is 11.2 Å². The second-order valence-electron chi connectivity index (χ2n) is 5.80. The van der Waals surface area contributed by atoms with Crippen LogP contribution in [0.5, 0.6) is 0 Å². The second-order valence-corrected chi connectivity index (χ2v) is 5.80. The van der Waals surface area contributed by atoms with Crippen LogP contribution in [-0.4, -0.2) is 27.7 Å². The lowest BCUT2D eigenvalue weighted by molar-refractivity contribution is -0.146. The zero-order chi connectivity index (χ0) is 16.5. The van der Waals surface area contributed by atoms with Gasteiger partial charge >= 0.3 is 5.97 Å². The van der Waals surface area contributed by atoms with E-state index in [0.717, 1.165) is 16.5 Å². The molecule has 0 aliphatic heterocycles. The van der Waals surface area contributed by atoms with Crippen LogP contribution < -0.4 is 5.32 Å². The number of amides is 1. The fourth-order valence-electron chi connectivity index (χ4n) is 2.36. The largest absolute Gasteiger partial charge is 0.480 e. The van der Waals surface area contributed by atoms with Crippen molar-refractivity contribution in [3.63, 3.8) is 0 Å². The van der Waals surface area contributed by atoms with E-state index in [1.54, 1.807) is 6.92 Å². The normalized spacial score (nSPS) is 13.8. The summed E-state index contributed by atoms with van der Waals surface area (Å²) in [7, 11) is 0. The summed E-state index contributed by atoms with van der Waals surface area (Å²) in [4.78, 5) is 23.4. The molecule has 1 atom stereocenters. The Morgan fingerprint density at radius 2 is 2.05 bits per heavy atom. The third-order valence-corrected chi connectivity index (χ3v) is 3.90. The summed E-state index contributed by atoms with van der Waals surface area (Å²) in [6.45, 7) is 7.08. The number of nitrogens with one attached hydrogen (secondary N) is 1. The first-order valence-electron chi connectivity index (χ1n) is 7.16. The standard InChI is InChI=1S/C16H20N2O4/c1-5-16(4,15(20)21)17-13(19)8-12-11-7-9(2)6-10(3)14(11)22-18-12/h6-7H,5,8H2,1-4H3,(H,17,19)(H,20,21). The minimum absolute atomic E-state index is 0.0151. The van der Waals surface area contributed by atoms with Gasteiger partial charge in [0.25, 0.3) is 0 Å². The third kappa shape index (κ3) is 2.95. The van der Waals surface area contributed by atoms with E-state index in [2.05, 4.69) is 10.5 Å². The van der Waals surface area contributed by atoms with Crippen molar-refractivity contribution in [3.8, 4) is 0 Å². The van der Waals surface area contributed by atoms with Gasteiger partial charge in [0, 0.05) is 5.39 Å². The molecule has 0 saturated heterocycles. The zero-order valence-electron chi connectivity index (χ0n) is 13.2. The molecule has 0 bridgehead atoms. The number of fused-ring (bicyclic) bond motifs is 1. The Morgan fingerprint density at radius 1 is 1.36 bits per heavy atom. The monoisotopic (exact) mass is 304 g/mol. The molecule has 0 radical (unpaired) electrons. The Labute approximate surface area is 128 Å². The molecule has 2 rings (SSSR count). The Hall–Kier alpha value is -2.37. The molecule has 1 aromatic carbocycles. The van der Waals surface area contributed by atoms with Crippen molar-refractivity contribution in [2.75, 3.05) is 0 Å². The number of rotatable bonds is 5. The molecule has 0 fully saturated rings. The molecule has 1 heterocycles. The first kappa shape index (κ1) is 16.0. The third-order valence-electron chi connectivity index (χ3n) is 3.90. The predicted octanol–water partition coefficient (Wildman–Crippen LogP) is 2.36. The second kappa shape index (κ2) is 5.79. The molecule has 0 aliphatic rings. The van der Waals surface area contributed by atoms with Crippen LogP contribution in [0.3, 0.4) is 0 Å². The van der Waals surface area contributed by atoms with Crippen LogP contribution in [0.1, 0.15) is 37.1 Å². The van der Waals surface area contributed by atoms with Gasteiger partial charge in [0.2, 0.25) is 5.91 Å². The number of aryl methyl sites for hydroxylation is 2. The number of carboxylic acid groups (broad SMARTS) is 1. The molecule has 1 unspecified atom stereocenters. The molecule has 2 aromatic rings. The highest BCUT2D eigenvalue weighted by Gasteiger charge is 2.33. The average Bonchev–Trinajstić information content (AvgIpc) is 2.81. The number of hydrogen-bond acceptors (Lipinski definition) is 4. The van der Waals surface area contributed by atoms with Crippen molar-refractivity contribution in [2.45, 2.75) is 46.1 Å². The van der Waals surface area contributed by atoms with Gasteiger partial charge in [0.15, 0.2) is 5.58 Å². The van der Waals surface area contributed by atoms with Crippen molar-refractivity contribution in [3.05, 3.63) is 29.0 Å². The van der Waals surface area contributed by atoms with Gasteiger partial charge in [-0.2, -0.15) is 0 Å². The number of carbonyl (C=O) groups excluding carboxylic acids is 1. The van der Waals surface area contributed by atoms with E-state index < -0.39 is 11.5 Å². The van der Waals surface area contributed by atoms with Crippen LogP contribution in [-0.2, 0) is 16.0 Å². The van der Waals surface area contributed by atoms with Crippen LogP contribution in [0, 0.1) is 13.8 Å². The molecule has 2 N–H and O–H groups in total. The van der Waals surface area contributed by atoms with Crippen LogP contribution in [0.15, 0.2) is 16.7 Å². The molecule has 0 spiro atoms. The number of carboxylic acids is 1. The lowest BCUT2D eigenvalue weighted by Gasteiger charge is -2.24. The quantitative estimate of drug-likeness (QED) is 0.884. The van der Waals surface area contributed by atoms with Crippen molar-refractivity contribution in [2.24, 2.45) is 0 Å². The molecule has 6 nitrogen and oxygen atoms in total. The summed E-state index contributed by atoms with van der Waals surface area (Å²) in [5.41, 5.74) is 1.91. The minimum Gasteiger partial charge on any atom is -0.480 e. The number of aliphatic carboxylic acids is 1. The Morgan fingerprint density at radius 3 is 2.64 bits per heavy atom. The van der Waals surface area contributed by atoms with E-state index in [9.17, 15) is 14.7 Å². The van der Waals surface area contributed by atoms with E-state index >= 15 is 0 Å². The number of nitrogens with zero attached hydrogens (tertiary/aromatic N) is 1. The maximum atomic E-state index is 12.1. The van der Waals surface area contributed by atoms with Gasteiger partial charge in [0.05, 0.1) is 6.42 Å². The van der Waals surface area contributed by atoms with Gasteiger partial charge in [-0.05, 0) is 44.4 Å². The number of carbonyl (C=O) groups is 2. The fraction of sp³-hybridized carbons (Fsp3) is 0.438. The van der Waals surface area contributed by atoms with Crippen molar-refractivity contribution >= 4 is 22.8 Å². The molecular weight excluding hydrogens is 284 g/mol. The summed E-state index contributed by atoms with van der Waals surface area (Å²) in [5, 5.41) is 16.5. The Kier molecular flexibility index (Phi) is 4.21. The molecule has 0 aliphatic carbocycles. The van der Waals surface area contributed by atoms with Gasteiger partial charge in [-0.3, -0.25) is 4.79 Å². The highest BCUT2D eigenvalue weighted by atomic mass is 16.5. The highest BCUT2D eigenvalue weighted by molar-refractivity contribution is 5.91. The summed E-state index contributed by atoms with van der Waals surface area (Å²) in [5.74, 6) is -1.44. The smallest absolute Gasteiger partial charge is 0.329 e. The molecule has 1 amide bonds. The summed E-state index contributed by atoms with van der Waals surface area (Å²) in [6, 6.07) is 3.90.